The van der Waals surface area contributed by atoms with Gasteiger partial charge in [0.05, 0.1) is 6.10 Å². The van der Waals surface area contributed by atoms with Crippen LogP contribution in [-0.2, 0) is 6.42 Å². The molecule has 3 heteroatoms. The minimum Gasteiger partial charge on any atom is -0.392 e. The van der Waals surface area contributed by atoms with Crippen LogP contribution in [0.25, 0.3) is 0 Å². The fraction of sp³-hybridized carbons (Fsp3) is 0.667. The molecule has 1 saturated heterocycles. The van der Waals surface area contributed by atoms with Crippen molar-refractivity contribution in [1.82, 2.24) is 10.3 Å². The Bertz CT molecular complexity index is 401. The summed E-state index contributed by atoms with van der Waals surface area (Å²) in [5, 5.41) is 14.0. The predicted molar refractivity (Wildman–Crippen MR) is 71.5 cm³/mol. The summed E-state index contributed by atoms with van der Waals surface area (Å²) in [7, 11) is 0. The van der Waals surface area contributed by atoms with Gasteiger partial charge in [0, 0.05) is 17.8 Å². The molecule has 1 aromatic heterocycles. The van der Waals surface area contributed by atoms with E-state index in [4.69, 9.17) is 0 Å². The van der Waals surface area contributed by atoms with Gasteiger partial charge in [-0.1, -0.05) is 6.07 Å². The number of nitrogens with one attached hydrogen (secondary N) is 1. The summed E-state index contributed by atoms with van der Waals surface area (Å²) < 4.78 is 0. The first kappa shape index (κ1) is 12.1. The zero-order valence-electron chi connectivity index (χ0n) is 10.8. The fourth-order valence-electron chi connectivity index (χ4n) is 3.49. The zero-order valence-corrected chi connectivity index (χ0v) is 10.8. The van der Waals surface area contributed by atoms with Crippen molar-refractivity contribution in [1.29, 1.82) is 0 Å². The highest BCUT2D eigenvalue weighted by molar-refractivity contribution is 5.27. The third kappa shape index (κ3) is 2.29. The Morgan fingerprint density at radius 1 is 1.28 bits per heavy atom. The Kier molecular flexibility index (Phi) is 3.62. The van der Waals surface area contributed by atoms with Gasteiger partial charge in [0.15, 0.2) is 0 Å². The molecule has 0 radical (unpaired) electrons. The molecule has 2 aliphatic rings. The molecule has 3 nitrogen and oxygen atoms in total. The first-order chi connectivity index (χ1) is 8.86. The second-order valence-corrected chi connectivity index (χ2v) is 5.62. The number of hydrogen-bond donors (Lipinski definition) is 2. The van der Waals surface area contributed by atoms with E-state index >= 15 is 0 Å². The molecule has 2 heterocycles. The first-order valence-electron chi connectivity index (χ1n) is 7.19. The van der Waals surface area contributed by atoms with Gasteiger partial charge in [0.25, 0.3) is 0 Å². The Morgan fingerprint density at radius 2 is 2.11 bits per heavy atom. The van der Waals surface area contributed by atoms with Crippen LogP contribution in [0.2, 0.25) is 0 Å². The number of hydrogen-bond acceptors (Lipinski definition) is 3. The predicted octanol–water partition coefficient (Wildman–Crippen LogP) is 1.86. The third-order valence-electron chi connectivity index (χ3n) is 4.52. The highest BCUT2D eigenvalue weighted by atomic mass is 16.3. The Balaban J connectivity index is 1.80. The summed E-state index contributed by atoms with van der Waals surface area (Å²) >= 11 is 0. The average Bonchev–Trinajstić information content (AvgIpc) is 2.47. The fourth-order valence-corrected chi connectivity index (χ4v) is 3.49. The minimum absolute atomic E-state index is 0.207. The van der Waals surface area contributed by atoms with Gasteiger partial charge < -0.3 is 10.4 Å². The second-order valence-electron chi connectivity index (χ2n) is 5.62. The number of aromatic nitrogens is 1. The van der Waals surface area contributed by atoms with Gasteiger partial charge in [0.2, 0.25) is 0 Å². The van der Waals surface area contributed by atoms with Gasteiger partial charge in [0.1, 0.15) is 0 Å². The summed E-state index contributed by atoms with van der Waals surface area (Å²) in [6.45, 7) is 2.09. The number of nitrogens with zero attached hydrogens (tertiary/aromatic N) is 1. The van der Waals surface area contributed by atoms with E-state index in [0.717, 1.165) is 44.5 Å². The van der Waals surface area contributed by atoms with Gasteiger partial charge in [-0.15, -0.1) is 0 Å². The molecule has 2 atom stereocenters. The highest BCUT2D eigenvalue weighted by Gasteiger charge is 2.33. The largest absolute Gasteiger partial charge is 0.392 e. The van der Waals surface area contributed by atoms with Gasteiger partial charge >= 0.3 is 0 Å². The number of aliphatic hydroxyl groups is 1. The summed E-state index contributed by atoms with van der Waals surface area (Å²) in [6, 6.07) is 4.18. The number of rotatable bonds is 2. The van der Waals surface area contributed by atoms with Crippen LogP contribution in [0.3, 0.4) is 0 Å². The lowest BCUT2D eigenvalue weighted by Gasteiger charge is -2.35. The van der Waals surface area contributed by atoms with Crippen LogP contribution in [-0.4, -0.2) is 29.3 Å². The SMILES string of the molecule is OC(C1CCNCC1)C1CCCc2cccnc21. The third-order valence-corrected chi connectivity index (χ3v) is 4.52. The molecule has 1 fully saturated rings. The van der Waals surface area contributed by atoms with Crippen molar-refractivity contribution < 1.29 is 5.11 Å². The normalized spacial score (nSPS) is 26.6. The monoisotopic (exact) mass is 246 g/mol. The topological polar surface area (TPSA) is 45.1 Å². The lowest BCUT2D eigenvalue weighted by Crippen LogP contribution is -2.38. The van der Waals surface area contributed by atoms with Crippen LogP contribution in [0, 0.1) is 5.92 Å². The minimum atomic E-state index is -0.207. The van der Waals surface area contributed by atoms with Crippen LogP contribution in [0.1, 0.15) is 42.9 Å². The molecule has 1 aromatic rings. The van der Waals surface area contributed by atoms with Crippen LogP contribution < -0.4 is 5.32 Å². The molecule has 0 spiro atoms. The van der Waals surface area contributed by atoms with Crippen molar-refractivity contribution >= 4 is 0 Å². The van der Waals surface area contributed by atoms with Crippen molar-refractivity contribution in [3.8, 4) is 0 Å². The molecule has 1 aliphatic heterocycles. The molecule has 0 bridgehead atoms. The molecule has 98 valence electrons. The van der Waals surface area contributed by atoms with Gasteiger partial charge in [-0.3, -0.25) is 4.98 Å². The molecule has 2 N–H and O–H groups in total. The lowest BCUT2D eigenvalue weighted by atomic mass is 9.76. The van der Waals surface area contributed by atoms with E-state index in [1.165, 1.54) is 12.0 Å². The van der Waals surface area contributed by atoms with Gasteiger partial charge in [-0.2, -0.15) is 0 Å². The van der Waals surface area contributed by atoms with Crippen LogP contribution in [0.5, 0.6) is 0 Å². The molecule has 1 aliphatic carbocycles. The first-order valence-corrected chi connectivity index (χ1v) is 7.19. The van der Waals surface area contributed by atoms with E-state index < -0.39 is 0 Å². The highest BCUT2D eigenvalue weighted by Crippen LogP contribution is 2.36. The van der Waals surface area contributed by atoms with Crippen molar-refractivity contribution in [2.45, 2.75) is 44.1 Å². The maximum absolute atomic E-state index is 10.7. The maximum Gasteiger partial charge on any atom is 0.0653 e. The molecule has 2 unspecified atom stereocenters. The number of pyridine rings is 1. The van der Waals surface area contributed by atoms with E-state index in [1.807, 2.05) is 12.3 Å². The van der Waals surface area contributed by atoms with E-state index in [-0.39, 0.29) is 12.0 Å². The Hall–Kier alpha value is -0.930. The Labute approximate surface area is 109 Å². The molecular weight excluding hydrogens is 224 g/mol. The molecule has 18 heavy (non-hydrogen) atoms. The van der Waals surface area contributed by atoms with Gasteiger partial charge in [-0.25, -0.2) is 0 Å². The smallest absolute Gasteiger partial charge is 0.0653 e. The van der Waals surface area contributed by atoms with Crippen molar-refractivity contribution in [3.63, 3.8) is 0 Å². The van der Waals surface area contributed by atoms with Crippen molar-refractivity contribution in [2.24, 2.45) is 5.92 Å². The summed E-state index contributed by atoms with van der Waals surface area (Å²) in [5.74, 6) is 0.710. The second kappa shape index (κ2) is 5.37. The number of aliphatic hydroxyl groups excluding tert-OH is 1. The number of piperidine rings is 1. The standard InChI is InChI=1S/C15H22N2O/c18-15(12-6-9-16-10-7-12)13-5-1-3-11-4-2-8-17-14(11)13/h2,4,8,12-13,15-16,18H,1,3,5-7,9-10H2. The summed E-state index contributed by atoms with van der Waals surface area (Å²) in [6.07, 6.45) is 7.26. The van der Waals surface area contributed by atoms with Crippen molar-refractivity contribution in [2.75, 3.05) is 13.1 Å². The van der Waals surface area contributed by atoms with E-state index in [1.54, 1.807) is 0 Å². The number of fused-ring (bicyclic) bond motifs is 1. The number of aryl methyl sites for hydroxylation is 1. The average molecular weight is 246 g/mol. The zero-order chi connectivity index (χ0) is 12.4. The van der Waals surface area contributed by atoms with E-state index in [0.29, 0.717) is 5.92 Å². The molecule has 0 aromatic carbocycles. The Morgan fingerprint density at radius 3 is 2.94 bits per heavy atom. The van der Waals surface area contributed by atoms with Crippen LogP contribution in [0.4, 0.5) is 0 Å². The lowest BCUT2D eigenvalue weighted by molar-refractivity contribution is 0.0569. The van der Waals surface area contributed by atoms with E-state index in [2.05, 4.69) is 16.4 Å². The summed E-state index contributed by atoms with van der Waals surface area (Å²) in [4.78, 5) is 4.54. The van der Waals surface area contributed by atoms with Crippen LogP contribution in [0.15, 0.2) is 18.3 Å². The molecule has 0 amide bonds. The van der Waals surface area contributed by atoms with Gasteiger partial charge in [-0.05, 0) is 62.7 Å². The molecule has 0 saturated carbocycles. The summed E-state index contributed by atoms with van der Waals surface area (Å²) in [5.41, 5.74) is 2.51. The maximum atomic E-state index is 10.7. The van der Waals surface area contributed by atoms with Crippen LogP contribution >= 0.6 is 0 Å². The molecule has 3 rings (SSSR count). The quantitative estimate of drug-likeness (QED) is 0.837. The van der Waals surface area contributed by atoms with Crippen molar-refractivity contribution in [3.05, 3.63) is 29.6 Å². The van der Waals surface area contributed by atoms with E-state index in [9.17, 15) is 5.11 Å². The molecular formula is C15H22N2O.